The van der Waals surface area contributed by atoms with Gasteiger partial charge in [-0.25, -0.2) is 0 Å². The van der Waals surface area contributed by atoms with E-state index in [2.05, 4.69) is 26.6 Å². The smallest absolute Gasteiger partial charge is 0.251 e. The van der Waals surface area contributed by atoms with Gasteiger partial charge in [0.25, 0.3) is 5.91 Å². The number of hydrogen-bond donors (Lipinski definition) is 2. The van der Waals surface area contributed by atoms with Crippen molar-refractivity contribution in [3.05, 3.63) is 29.8 Å². The molecular weight excluding hydrogens is 412 g/mol. The molecule has 1 aliphatic carbocycles. The maximum Gasteiger partial charge on any atom is 0.251 e. The van der Waals surface area contributed by atoms with E-state index in [4.69, 9.17) is 0 Å². The zero-order valence-corrected chi connectivity index (χ0v) is 19.1. The molecule has 0 bridgehead atoms. The van der Waals surface area contributed by atoms with Gasteiger partial charge in [-0.15, -0.1) is 0 Å². The van der Waals surface area contributed by atoms with E-state index in [1.54, 1.807) is 0 Å². The number of carbonyl (C=O) groups excluding carboxylic acids is 1. The van der Waals surface area contributed by atoms with Gasteiger partial charge in [-0.05, 0) is 43.0 Å². The molecule has 158 valence electrons. The summed E-state index contributed by atoms with van der Waals surface area (Å²) in [5, 5.41) is 7.31. The van der Waals surface area contributed by atoms with Crippen molar-refractivity contribution in [3.63, 3.8) is 0 Å². The van der Waals surface area contributed by atoms with Gasteiger partial charge in [-0.1, -0.05) is 86.6 Å². The summed E-state index contributed by atoms with van der Waals surface area (Å²) in [6.45, 7) is 1.73. The SMILES string of the molecule is O=C(NCCCBr)c1ccc(NCCCCCCCCC2CCCCC2)cc1. The summed E-state index contributed by atoms with van der Waals surface area (Å²) >= 11 is 3.37. The van der Waals surface area contributed by atoms with Gasteiger partial charge in [0.1, 0.15) is 0 Å². The Labute approximate surface area is 180 Å². The molecule has 1 amide bonds. The highest BCUT2D eigenvalue weighted by Crippen LogP contribution is 2.28. The second-order valence-corrected chi connectivity index (χ2v) is 9.01. The van der Waals surface area contributed by atoms with Crippen LogP contribution in [0.3, 0.4) is 0 Å². The van der Waals surface area contributed by atoms with E-state index in [1.165, 1.54) is 77.0 Å². The van der Waals surface area contributed by atoms with Gasteiger partial charge in [0.2, 0.25) is 0 Å². The van der Waals surface area contributed by atoms with Crippen LogP contribution in [0, 0.1) is 5.92 Å². The fourth-order valence-corrected chi connectivity index (χ4v) is 4.36. The van der Waals surface area contributed by atoms with Crippen molar-refractivity contribution in [2.45, 2.75) is 83.5 Å². The van der Waals surface area contributed by atoms with Crippen molar-refractivity contribution in [1.82, 2.24) is 5.32 Å². The average Bonchev–Trinajstić information content (AvgIpc) is 2.74. The van der Waals surface area contributed by atoms with Crippen LogP contribution in [0.5, 0.6) is 0 Å². The van der Waals surface area contributed by atoms with Crippen LogP contribution in [-0.2, 0) is 0 Å². The van der Waals surface area contributed by atoms with E-state index in [1.807, 2.05) is 24.3 Å². The number of nitrogens with one attached hydrogen (secondary N) is 2. The lowest BCUT2D eigenvalue weighted by Gasteiger charge is -2.21. The second-order valence-electron chi connectivity index (χ2n) is 8.22. The molecule has 4 heteroatoms. The fraction of sp³-hybridized carbons (Fsp3) is 0.708. The number of unbranched alkanes of at least 4 members (excludes halogenated alkanes) is 5. The lowest BCUT2D eigenvalue weighted by Crippen LogP contribution is -2.24. The molecule has 1 aromatic rings. The van der Waals surface area contributed by atoms with Crippen molar-refractivity contribution in [1.29, 1.82) is 0 Å². The van der Waals surface area contributed by atoms with E-state index in [9.17, 15) is 4.79 Å². The van der Waals surface area contributed by atoms with Crippen molar-refractivity contribution >= 4 is 27.5 Å². The van der Waals surface area contributed by atoms with Crippen molar-refractivity contribution in [2.75, 3.05) is 23.7 Å². The molecule has 1 saturated carbocycles. The van der Waals surface area contributed by atoms with Gasteiger partial charge < -0.3 is 10.6 Å². The topological polar surface area (TPSA) is 41.1 Å². The van der Waals surface area contributed by atoms with Crippen molar-refractivity contribution in [3.8, 4) is 0 Å². The minimum Gasteiger partial charge on any atom is -0.385 e. The Hall–Kier alpha value is -1.03. The number of amides is 1. The number of carbonyl (C=O) groups is 1. The Morgan fingerprint density at radius 1 is 0.857 bits per heavy atom. The minimum atomic E-state index is 0.0102. The quantitative estimate of drug-likeness (QED) is 0.238. The van der Waals surface area contributed by atoms with Crippen LogP contribution in [0.1, 0.15) is 93.8 Å². The number of rotatable bonds is 14. The first-order valence-corrected chi connectivity index (χ1v) is 12.6. The Kier molecular flexibility index (Phi) is 12.4. The molecule has 0 aliphatic heterocycles. The highest BCUT2D eigenvalue weighted by atomic mass is 79.9. The molecule has 0 radical (unpaired) electrons. The fourth-order valence-electron chi connectivity index (χ4n) is 4.08. The zero-order valence-electron chi connectivity index (χ0n) is 17.5. The van der Waals surface area contributed by atoms with E-state index in [0.717, 1.165) is 35.5 Å². The van der Waals surface area contributed by atoms with Crippen LogP contribution in [-0.4, -0.2) is 24.3 Å². The molecule has 0 atom stereocenters. The molecule has 0 aromatic heterocycles. The summed E-state index contributed by atoms with van der Waals surface area (Å²) in [7, 11) is 0. The van der Waals surface area contributed by atoms with Gasteiger partial charge in [-0.2, -0.15) is 0 Å². The Balaban J connectivity index is 1.45. The maximum atomic E-state index is 12.0. The molecule has 3 nitrogen and oxygen atoms in total. The highest BCUT2D eigenvalue weighted by Gasteiger charge is 2.12. The maximum absolute atomic E-state index is 12.0. The van der Waals surface area contributed by atoms with Crippen LogP contribution in [0.25, 0.3) is 0 Å². The second kappa shape index (κ2) is 14.9. The third-order valence-electron chi connectivity index (χ3n) is 5.84. The predicted molar refractivity (Wildman–Crippen MR) is 125 cm³/mol. The number of hydrogen-bond acceptors (Lipinski definition) is 2. The number of benzene rings is 1. The molecular formula is C24H39BrN2O. The van der Waals surface area contributed by atoms with Crippen LogP contribution in [0.2, 0.25) is 0 Å². The molecule has 0 saturated heterocycles. The van der Waals surface area contributed by atoms with Crippen molar-refractivity contribution in [2.24, 2.45) is 5.92 Å². The summed E-state index contributed by atoms with van der Waals surface area (Å²) in [5.74, 6) is 1.06. The first-order chi connectivity index (χ1) is 13.8. The molecule has 2 N–H and O–H groups in total. The normalized spacial score (nSPS) is 14.8. The summed E-state index contributed by atoms with van der Waals surface area (Å²) in [6.07, 6.45) is 18.0. The molecule has 0 heterocycles. The summed E-state index contributed by atoms with van der Waals surface area (Å²) in [5.41, 5.74) is 1.83. The molecule has 1 aliphatic rings. The van der Waals surface area contributed by atoms with Crippen LogP contribution in [0.4, 0.5) is 5.69 Å². The van der Waals surface area contributed by atoms with Gasteiger partial charge in [0.15, 0.2) is 0 Å². The molecule has 1 aromatic carbocycles. The predicted octanol–water partition coefficient (Wildman–Crippen LogP) is 6.92. The van der Waals surface area contributed by atoms with Crippen LogP contribution in [0.15, 0.2) is 24.3 Å². The van der Waals surface area contributed by atoms with Gasteiger partial charge >= 0.3 is 0 Å². The van der Waals surface area contributed by atoms with E-state index >= 15 is 0 Å². The molecule has 28 heavy (non-hydrogen) atoms. The first-order valence-electron chi connectivity index (χ1n) is 11.5. The molecule has 1 fully saturated rings. The van der Waals surface area contributed by atoms with E-state index in [-0.39, 0.29) is 5.91 Å². The standard InChI is InChI=1S/C24H39BrN2O/c25-18-10-20-27-24(28)22-14-16-23(17-15-22)26-19-9-4-2-1-3-6-11-21-12-7-5-8-13-21/h14-17,21,26H,1-13,18-20H2,(H,27,28). The molecule has 0 spiro atoms. The third-order valence-corrected chi connectivity index (χ3v) is 6.40. The summed E-state index contributed by atoms with van der Waals surface area (Å²) < 4.78 is 0. The summed E-state index contributed by atoms with van der Waals surface area (Å²) in [6, 6.07) is 7.81. The summed E-state index contributed by atoms with van der Waals surface area (Å²) in [4.78, 5) is 12.0. The number of alkyl halides is 1. The zero-order chi connectivity index (χ0) is 19.9. The number of halogens is 1. The van der Waals surface area contributed by atoms with Crippen LogP contribution < -0.4 is 10.6 Å². The van der Waals surface area contributed by atoms with Crippen molar-refractivity contribution < 1.29 is 4.79 Å². The van der Waals surface area contributed by atoms with Crippen LogP contribution >= 0.6 is 15.9 Å². The average molecular weight is 451 g/mol. The lowest BCUT2D eigenvalue weighted by molar-refractivity contribution is 0.0954. The first kappa shape index (κ1) is 23.3. The van der Waals surface area contributed by atoms with E-state index < -0.39 is 0 Å². The largest absolute Gasteiger partial charge is 0.385 e. The molecule has 0 unspecified atom stereocenters. The Bertz CT molecular complexity index is 526. The minimum absolute atomic E-state index is 0.0102. The van der Waals surface area contributed by atoms with E-state index in [0.29, 0.717) is 6.54 Å². The Morgan fingerprint density at radius 3 is 2.25 bits per heavy atom. The van der Waals surface area contributed by atoms with Gasteiger partial charge in [0.05, 0.1) is 0 Å². The Morgan fingerprint density at radius 2 is 1.54 bits per heavy atom. The monoisotopic (exact) mass is 450 g/mol. The number of anilines is 1. The lowest BCUT2D eigenvalue weighted by atomic mass is 9.85. The molecule has 2 rings (SSSR count). The van der Waals surface area contributed by atoms with Gasteiger partial charge in [0, 0.05) is 29.7 Å². The third kappa shape index (κ3) is 9.95. The highest BCUT2D eigenvalue weighted by molar-refractivity contribution is 9.09. The van der Waals surface area contributed by atoms with Gasteiger partial charge in [-0.3, -0.25) is 4.79 Å².